The van der Waals surface area contributed by atoms with Crippen LogP contribution in [0.1, 0.15) is 10.4 Å². The first-order valence-corrected chi connectivity index (χ1v) is 9.96. The fourth-order valence-corrected chi connectivity index (χ4v) is 3.67. The van der Waals surface area contributed by atoms with E-state index in [1.54, 1.807) is 0 Å². The van der Waals surface area contributed by atoms with E-state index in [-0.39, 0.29) is 23.5 Å². The van der Waals surface area contributed by atoms with Crippen LogP contribution in [0.25, 0.3) is 0 Å². The lowest BCUT2D eigenvalue weighted by atomic mass is 10.2. The van der Waals surface area contributed by atoms with Gasteiger partial charge in [0.1, 0.15) is 5.75 Å². The van der Waals surface area contributed by atoms with Gasteiger partial charge in [0, 0.05) is 10.7 Å². The topological polar surface area (TPSA) is 113 Å². The van der Waals surface area contributed by atoms with Gasteiger partial charge in [0.15, 0.2) is 6.10 Å². The van der Waals surface area contributed by atoms with Gasteiger partial charge in [-0.2, -0.15) is 0 Å². The summed E-state index contributed by atoms with van der Waals surface area (Å²) in [7, 11) is -3.66. The van der Waals surface area contributed by atoms with Crippen LogP contribution in [0.2, 0.25) is 5.02 Å². The zero-order chi connectivity index (χ0) is 19.8. The molecule has 0 aromatic heterocycles. The number of sulfonamides is 1. The summed E-state index contributed by atoms with van der Waals surface area (Å²) in [5.74, 6) is -1.42. The molecule has 2 aromatic carbocycles. The smallest absolute Gasteiger partial charge is 0.335 e. The number of carboxylic acids is 1. The van der Waals surface area contributed by atoms with E-state index < -0.39 is 28.0 Å². The second kappa shape index (κ2) is 7.09. The molecule has 1 atom stereocenters. The summed E-state index contributed by atoms with van der Waals surface area (Å²) in [6, 6.07) is 10.1. The third-order valence-electron chi connectivity index (χ3n) is 3.88. The molecule has 0 saturated carbocycles. The van der Waals surface area contributed by atoms with Crippen molar-refractivity contribution in [2.45, 2.75) is 6.10 Å². The number of carbonyl (C=O) groups excluding carboxylic acids is 1. The molecule has 142 valence electrons. The maximum absolute atomic E-state index is 12.5. The summed E-state index contributed by atoms with van der Waals surface area (Å²) >= 11 is 5.94. The highest BCUT2D eigenvalue weighted by atomic mass is 35.5. The third kappa shape index (κ3) is 4.15. The quantitative estimate of drug-likeness (QED) is 0.798. The minimum absolute atomic E-state index is 0.0796. The van der Waals surface area contributed by atoms with Crippen molar-refractivity contribution in [1.82, 2.24) is 0 Å². The molecule has 27 heavy (non-hydrogen) atoms. The molecule has 2 N–H and O–H groups in total. The fraction of sp³-hybridized carbons (Fsp3) is 0.176. The lowest BCUT2D eigenvalue weighted by Gasteiger charge is -2.34. The monoisotopic (exact) mass is 410 g/mol. The Bertz CT molecular complexity index is 1010. The van der Waals surface area contributed by atoms with Gasteiger partial charge in [-0.15, -0.1) is 0 Å². The Balaban J connectivity index is 1.83. The average molecular weight is 411 g/mol. The Kier molecular flexibility index (Phi) is 4.99. The van der Waals surface area contributed by atoms with Gasteiger partial charge in [-0.05, 0) is 42.5 Å². The number of halogens is 1. The molecule has 2 aromatic rings. The number of hydrogen-bond donors (Lipinski definition) is 2. The van der Waals surface area contributed by atoms with Gasteiger partial charge >= 0.3 is 5.97 Å². The second-order valence-corrected chi connectivity index (χ2v) is 8.23. The van der Waals surface area contributed by atoms with E-state index in [9.17, 15) is 18.0 Å². The third-order valence-corrected chi connectivity index (χ3v) is 5.26. The van der Waals surface area contributed by atoms with Gasteiger partial charge < -0.3 is 15.2 Å². The van der Waals surface area contributed by atoms with Crippen molar-refractivity contribution < 1.29 is 27.9 Å². The van der Waals surface area contributed by atoms with Crippen LogP contribution in [-0.2, 0) is 14.8 Å². The van der Waals surface area contributed by atoms with Crippen LogP contribution >= 0.6 is 11.6 Å². The number of amides is 1. The highest BCUT2D eigenvalue weighted by Crippen LogP contribution is 2.37. The summed E-state index contributed by atoms with van der Waals surface area (Å²) in [4.78, 5) is 23.4. The van der Waals surface area contributed by atoms with E-state index >= 15 is 0 Å². The van der Waals surface area contributed by atoms with E-state index in [4.69, 9.17) is 21.4 Å². The van der Waals surface area contributed by atoms with E-state index in [1.807, 2.05) is 0 Å². The fourth-order valence-electron chi connectivity index (χ4n) is 2.59. The zero-order valence-corrected chi connectivity index (χ0v) is 15.6. The number of ether oxygens (including phenoxy) is 1. The van der Waals surface area contributed by atoms with Crippen LogP contribution in [0.4, 0.5) is 11.4 Å². The van der Waals surface area contributed by atoms with Crippen LogP contribution in [-0.4, -0.2) is 44.3 Å². The predicted octanol–water partition coefficient (Wildman–Crippen LogP) is 2.20. The number of carbonyl (C=O) groups is 2. The first-order valence-electron chi connectivity index (χ1n) is 7.73. The molecule has 0 unspecified atom stereocenters. The number of anilines is 2. The highest BCUT2D eigenvalue weighted by molar-refractivity contribution is 7.92. The summed E-state index contributed by atoms with van der Waals surface area (Å²) < 4.78 is 31.0. The van der Waals surface area contributed by atoms with Crippen LogP contribution in [0.5, 0.6) is 5.75 Å². The molecule has 0 spiro atoms. The van der Waals surface area contributed by atoms with Crippen molar-refractivity contribution in [3.05, 3.63) is 53.1 Å². The molecular weight excluding hydrogens is 396 g/mol. The van der Waals surface area contributed by atoms with Crippen molar-refractivity contribution in [2.24, 2.45) is 0 Å². The number of nitrogens with zero attached hydrogens (tertiary/aromatic N) is 1. The van der Waals surface area contributed by atoms with Crippen LogP contribution in [0.3, 0.4) is 0 Å². The molecule has 1 amide bonds. The molecule has 0 aliphatic carbocycles. The molecule has 0 radical (unpaired) electrons. The number of fused-ring (bicyclic) bond motifs is 1. The van der Waals surface area contributed by atoms with Crippen LogP contribution in [0.15, 0.2) is 42.5 Å². The lowest BCUT2D eigenvalue weighted by molar-refractivity contribution is -0.122. The van der Waals surface area contributed by atoms with Gasteiger partial charge in [-0.25, -0.2) is 13.2 Å². The number of carboxylic acid groups (broad SMARTS) is 1. The summed E-state index contributed by atoms with van der Waals surface area (Å²) in [5, 5.41) is 11.8. The summed E-state index contributed by atoms with van der Waals surface area (Å²) in [6.45, 7) is -0.217. The Morgan fingerprint density at radius 2 is 1.89 bits per heavy atom. The molecule has 10 heteroatoms. The maximum atomic E-state index is 12.5. The Hall–Kier alpha value is -2.78. The van der Waals surface area contributed by atoms with E-state index in [1.165, 1.54) is 42.5 Å². The van der Waals surface area contributed by atoms with Gasteiger partial charge in [-0.1, -0.05) is 11.6 Å². The van der Waals surface area contributed by atoms with E-state index in [2.05, 4.69) is 5.32 Å². The lowest BCUT2D eigenvalue weighted by Crippen LogP contribution is -2.48. The first-order chi connectivity index (χ1) is 12.6. The standard InChI is InChI=1S/C17H15ClN2O6S/c1-27(24,25)20-9-15(26-14-7-4-11(18)8-13(14)20)16(21)19-12-5-2-10(3-6-12)17(22)23/h2-8,15H,9H2,1H3,(H,19,21)(H,22,23)/t15-/m0/s1. The molecule has 0 fully saturated rings. The number of benzene rings is 2. The Morgan fingerprint density at radius 1 is 1.22 bits per heavy atom. The van der Waals surface area contributed by atoms with Crippen molar-refractivity contribution in [1.29, 1.82) is 0 Å². The van der Waals surface area contributed by atoms with Crippen molar-refractivity contribution in [3.8, 4) is 5.75 Å². The number of aromatic carboxylic acids is 1. The summed E-state index contributed by atoms with van der Waals surface area (Å²) in [5.41, 5.74) is 0.706. The molecule has 0 saturated heterocycles. The van der Waals surface area contributed by atoms with Crippen LogP contribution < -0.4 is 14.4 Å². The molecule has 0 bridgehead atoms. The predicted molar refractivity (Wildman–Crippen MR) is 100 cm³/mol. The number of rotatable bonds is 4. The molecule has 8 nitrogen and oxygen atoms in total. The van der Waals surface area contributed by atoms with Gasteiger partial charge in [0.25, 0.3) is 5.91 Å². The first kappa shape index (κ1) is 19.0. The van der Waals surface area contributed by atoms with Crippen LogP contribution in [0, 0.1) is 0 Å². The zero-order valence-electron chi connectivity index (χ0n) is 14.0. The van der Waals surface area contributed by atoms with Crippen molar-refractivity contribution in [2.75, 3.05) is 22.4 Å². The maximum Gasteiger partial charge on any atom is 0.335 e. The normalized spacial score (nSPS) is 16.2. The molecule has 1 heterocycles. The minimum Gasteiger partial charge on any atom is -0.478 e. The Labute approximate surface area is 160 Å². The Morgan fingerprint density at radius 3 is 2.48 bits per heavy atom. The molecule has 1 aliphatic heterocycles. The van der Waals surface area contributed by atoms with Crippen molar-refractivity contribution >= 4 is 44.9 Å². The molecular formula is C17H15ClN2O6S. The van der Waals surface area contributed by atoms with Crippen molar-refractivity contribution in [3.63, 3.8) is 0 Å². The van der Waals surface area contributed by atoms with Gasteiger partial charge in [0.2, 0.25) is 10.0 Å². The highest BCUT2D eigenvalue weighted by Gasteiger charge is 2.35. The van der Waals surface area contributed by atoms with Gasteiger partial charge in [-0.3, -0.25) is 9.10 Å². The number of hydrogen-bond acceptors (Lipinski definition) is 5. The largest absolute Gasteiger partial charge is 0.478 e. The number of nitrogens with one attached hydrogen (secondary N) is 1. The SMILES string of the molecule is CS(=O)(=O)N1C[C@@H](C(=O)Nc2ccc(C(=O)O)cc2)Oc2ccc(Cl)cc21. The summed E-state index contributed by atoms with van der Waals surface area (Å²) in [6.07, 6.45) is -0.0599. The van der Waals surface area contributed by atoms with Gasteiger partial charge in [0.05, 0.1) is 24.1 Å². The second-order valence-electron chi connectivity index (χ2n) is 5.88. The minimum atomic E-state index is -3.66. The molecule has 1 aliphatic rings. The van der Waals surface area contributed by atoms with E-state index in [0.717, 1.165) is 10.6 Å². The molecule has 3 rings (SSSR count). The van der Waals surface area contributed by atoms with E-state index in [0.29, 0.717) is 10.7 Å². The average Bonchev–Trinajstić information content (AvgIpc) is 2.60.